The van der Waals surface area contributed by atoms with Crippen molar-refractivity contribution in [3.05, 3.63) is 29.7 Å². The summed E-state index contributed by atoms with van der Waals surface area (Å²) in [5.74, 6) is 0. The van der Waals surface area contributed by atoms with Crippen LogP contribution in [0.15, 0.2) is 28.3 Å². The minimum absolute atomic E-state index is 0.323. The number of likely N-dealkylation sites (N-methyl/N-ethyl adjacent to an activating group) is 1. The Morgan fingerprint density at radius 2 is 2.28 bits per heavy atom. The topological polar surface area (TPSA) is 49.4 Å². The Bertz CT molecular complexity index is 480. The van der Waals surface area contributed by atoms with Gasteiger partial charge in [-0.15, -0.1) is 17.9 Å². The third-order valence-electron chi connectivity index (χ3n) is 2.44. The van der Waals surface area contributed by atoms with Gasteiger partial charge in [0, 0.05) is 20.1 Å². The predicted octanol–water partition coefficient (Wildman–Crippen LogP) is 2.05. The minimum Gasteiger partial charge on any atom is -0.313 e. The van der Waals surface area contributed by atoms with E-state index in [1.165, 1.54) is 15.6 Å². The molecule has 0 bridgehead atoms. The maximum atomic E-state index is 12.1. The molecule has 0 aromatic carbocycles. The van der Waals surface area contributed by atoms with Crippen molar-refractivity contribution in [3.8, 4) is 0 Å². The summed E-state index contributed by atoms with van der Waals surface area (Å²) in [6.45, 7) is 7.62. The number of thiophene rings is 1. The molecule has 0 fully saturated rings. The third kappa shape index (κ3) is 3.91. The van der Waals surface area contributed by atoms with Gasteiger partial charge < -0.3 is 5.32 Å². The van der Waals surface area contributed by atoms with Gasteiger partial charge in [-0.25, -0.2) is 8.42 Å². The molecule has 1 aromatic rings. The summed E-state index contributed by atoms with van der Waals surface area (Å²) in [4.78, 5) is 0. The molecule has 0 aliphatic rings. The lowest BCUT2D eigenvalue weighted by molar-refractivity contribution is 0.501. The van der Waals surface area contributed by atoms with Gasteiger partial charge >= 0.3 is 0 Å². The second kappa shape index (κ2) is 7.04. The van der Waals surface area contributed by atoms with Crippen molar-refractivity contribution < 1.29 is 8.42 Å². The Labute approximate surface area is 113 Å². The molecule has 1 N–H and O–H groups in total. The van der Waals surface area contributed by atoms with Crippen LogP contribution < -0.4 is 5.32 Å². The van der Waals surface area contributed by atoms with Crippen LogP contribution in [0.25, 0.3) is 0 Å². The van der Waals surface area contributed by atoms with Gasteiger partial charge in [-0.05, 0) is 30.0 Å². The van der Waals surface area contributed by atoms with Crippen molar-refractivity contribution in [3.63, 3.8) is 0 Å². The summed E-state index contributed by atoms with van der Waals surface area (Å²) < 4.78 is 26.0. The highest BCUT2D eigenvalue weighted by molar-refractivity contribution is 7.91. The third-order valence-corrected chi connectivity index (χ3v) is 5.72. The Morgan fingerprint density at radius 1 is 1.56 bits per heavy atom. The molecule has 0 amide bonds. The first-order chi connectivity index (χ1) is 8.52. The molecule has 0 saturated heterocycles. The van der Waals surface area contributed by atoms with Crippen LogP contribution in [0.5, 0.6) is 0 Å². The highest BCUT2D eigenvalue weighted by atomic mass is 32.2. The van der Waals surface area contributed by atoms with Crippen molar-refractivity contribution >= 4 is 21.4 Å². The van der Waals surface area contributed by atoms with Gasteiger partial charge in [0.15, 0.2) is 0 Å². The fraction of sp³-hybridized carbons (Fsp3) is 0.500. The van der Waals surface area contributed by atoms with E-state index in [2.05, 4.69) is 18.8 Å². The monoisotopic (exact) mass is 288 g/mol. The van der Waals surface area contributed by atoms with E-state index in [1.54, 1.807) is 19.2 Å². The van der Waals surface area contributed by atoms with E-state index in [9.17, 15) is 8.42 Å². The Hall–Kier alpha value is -0.690. The van der Waals surface area contributed by atoms with Crippen LogP contribution in [0.1, 0.15) is 18.9 Å². The van der Waals surface area contributed by atoms with Gasteiger partial charge in [-0.1, -0.05) is 13.0 Å². The lowest BCUT2D eigenvalue weighted by Gasteiger charge is -2.13. The molecule has 4 nitrogen and oxygen atoms in total. The molecular formula is C12H20N2O2S2. The van der Waals surface area contributed by atoms with Gasteiger partial charge in [0.25, 0.3) is 10.0 Å². The highest BCUT2D eigenvalue weighted by Crippen LogP contribution is 2.23. The van der Waals surface area contributed by atoms with E-state index >= 15 is 0 Å². The van der Waals surface area contributed by atoms with Crippen LogP contribution in [0.3, 0.4) is 0 Å². The first kappa shape index (κ1) is 15.4. The molecule has 1 rings (SSSR count). The van der Waals surface area contributed by atoms with Gasteiger partial charge in [-0.2, -0.15) is 4.31 Å². The van der Waals surface area contributed by atoms with Crippen molar-refractivity contribution in [2.24, 2.45) is 0 Å². The maximum absolute atomic E-state index is 12.1. The molecule has 18 heavy (non-hydrogen) atoms. The summed E-state index contributed by atoms with van der Waals surface area (Å²) in [6.07, 6.45) is 2.65. The quantitative estimate of drug-likeness (QED) is 0.588. The van der Waals surface area contributed by atoms with E-state index in [1.807, 2.05) is 5.38 Å². The Morgan fingerprint density at radius 3 is 2.89 bits per heavy atom. The number of hydrogen-bond donors (Lipinski definition) is 1. The molecular weight excluding hydrogens is 268 g/mol. The van der Waals surface area contributed by atoms with E-state index in [4.69, 9.17) is 0 Å². The lowest BCUT2D eigenvalue weighted by Crippen LogP contribution is -2.26. The smallest absolute Gasteiger partial charge is 0.252 e. The Balaban J connectivity index is 2.75. The average molecular weight is 288 g/mol. The molecule has 0 atom stereocenters. The summed E-state index contributed by atoms with van der Waals surface area (Å²) >= 11 is 1.26. The molecule has 0 aliphatic carbocycles. The van der Waals surface area contributed by atoms with Gasteiger partial charge in [-0.3, -0.25) is 0 Å². The van der Waals surface area contributed by atoms with Crippen molar-refractivity contribution in [1.82, 2.24) is 9.62 Å². The number of nitrogens with one attached hydrogen (secondary N) is 1. The lowest BCUT2D eigenvalue weighted by atomic mass is 10.3. The fourth-order valence-electron chi connectivity index (χ4n) is 1.42. The van der Waals surface area contributed by atoms with Gasteiger partial charge in [0.1, 0.15) is 4.21 Å². The van der Waals surface area contributed by atoms with Crippen LogP contribution in [-0.4, -0.2) is 32.9 Å². The highest BCUT2D eigenvalue weighted by Gasteiger charge is 2.21. The largest absolute Gasteiger partial charge is 0.313 e. The normalized spacial score (nSPS) is 11.9. The average Bonchev–Trinajstić information content (AvgIpc) is 2.79. The molecule has 0 spiro atoms. The zero-order valence-electron chi connectivity index (χ0n) is 10.8. The van der Waals surface area contributed by atoms with E-state index in [-0.39, 0.29) is 0 Å². The SMILES string of the molecule is C=CCN(C)S(=O)(=O)c1cc(CNCCC)cs1. The maximum Gasteiger partial charge on any atom is 0.252 e. The second-order valence-corrected chi connectivity index (χ2v) is 7.21. The van der Waals surface area contributed by atoms with E-state index < -0.39 is 10.0 Å². The molecule has 0 saturated carbocycles. The summed E-state index contributed by atoms with van der Waals surface area (Å²) in [5, 5.41) is 5.14. The van der Waals surface area contributed by atoms with Crippen molar-refractivity contribution in [1.29, 1.82) is 0 Å². The number of hydrogen-bond acceptors (Lipinski definition) is 4. The van der Waals surface area contributed by atoms with Gasteiger partial charge in [0.05, 0.1) is 0 Å². The first-order valence-electron chi connectivity index (χ1n) is 5.87. The zero-order valence-corrected chi connectivity index (χ0v) is 12.5. The molecule has 1 heterocycles. The van der Waals surface area contributed by atoms with Crippen LogP contribution >= 0.6 is 11.3 Å². The molecule has 1 aromatic heterocycles. The molecule has 0 unspecified atom stereocenters. The van der Waals surface area contributed by atoms with Crippen LogP contribution in [0.4, 0.5) is 0 Å². The first-order valence-corrected chi connectivity index (χ1v) is 8.19. The second-order valence-electron chi connectivity index (χ2n) is 4.02. The summed E-state index contributed by atoms with van der Waals surface area (Å²) in [5.41, 5.74) is 1.01. The number of rotatable bonds is 8. The molecule has 102 valence electrons. The van der Waals surface area contributed by atoms with Gasteiger partial charge in [0.2, 0.25) is 0 Å². The predicted molar refractivity (Wildman–Crippen MR) is 76.3 cm³/mol. The summed E-state index contributed by atoms with van der Waals surface area (Å²) in [7, 11) is -1.80. The number of nitrogens with zero attached hydrogens (tertiary/aromatic N) is 1. The summed E-state index contributed by atoms with van der Waals surface area (Å²) in [6, 6.07) is 1.74. The molecule has 0 radical (unpaired) electrons. The van der Waals surface area contributed by atoms with E-state index in [0.29, 0.717) is 17.3 Å². The zero-order chi connectivity index (χ0) is 13.6. The number of sulfonamides is 1. The van der Waals surface area contributed by atoms with Crippen LogP contribution in [0, 0.1) is 0 Å². The van der Waals surface area contributed by atoms with Crippen molar-refractivity contribution in [2.75, 3.05) is 20.1 Å². The van der Waals surface area contributed by atoms with Crippen molar-refractivity contribution in [2.45, 2.75) is 24.1 Å². The van der Waals surface area contributed by atoms with E-state index in [0.717, 1.165) is 18.5 Å². The van der Waals surface area contributed by atoms with Crippen LogP contribution in [-0.2, 0) is 16.6 Å². The van der Waals surface area contributed by atoms with Crippen LogP contribution in [0.2, 0.25) is 0 Å². The Kier molecular flexibility index (Phi) is 6.01. The molecule has 6 heteroatoms. The fourth-order valence-corrected chi connectivity index (χ4v) is 3.98. The standard InChI is InChI=1S/C12H20N2O2S2/c1-4-6-13-9-11-8-12(17-10-11)18(15,16)14(3)7-5-2/h5,8,10,13H,2,4,6-7,9H2,1,3H3. The molecule has 0 aliphatic heterocycles. The minimum atomic E-state index is -3.36.